The zero-order chi connectivity index (χ0) is 58.0. The summed E-state index contributed by atoms with van der Waals surface area (Å²) in [6.45, 7) is 10.6. The number of aromatic hydroxyl groups is 1. The van der Waals surface area contributed by atoms with Crippen LogP contribution in [0.1, 0.15) is 120 Å². The van der Waals surface area contributed by atoms with E-state index in [1.807, 2.05) is 0 Å². The molecule has 2 aliphatic rings. The number of hydrogen-bond donors (Lipinski definition) is 2. The molecule has 0 saturated carbocycles. The van der Waals surface area contributed by atoms with Gasteiger partial charge in [0.05, 0.1) is 45.9 Å². The Morgan fingerprint density at radius 2 is 1.05 bits per heavy atom. The predicted octanol–water partition coefficient (Wildman–Crippen LogP) is 14.2. The number of phenols is 1. The Morgan fingerprint density at radius 3 is 1.47 bits per heavy atom. The number of nitrogens with zero attached hydrogens (tertiary/aromatic N) is 3. The van der Waals surface area contributed by atoms with E-state index in [1.54, 1.807) is 68.8 Å². The Morgan fingerprint density at radius 1 is 0.617 bits per heavy atom. The molecule has 7 aromatic rings. The molecule has 0 amide bonds. The van der Waals surface area contributed by atoms with Gasteiger partial charge in [0.2, 0.25) is 0 Å². The van der Waals surface area contributed by atoms with Crippen molar-refractivity contribution in [3.63, 3.8) is 0 Å². The van der Waals surface area contributed by atoms with Gasteiger partial charge >= 0.3 is 0 Å². The van der Waals surface area contributed by atoms with Crippen molar-refractivity contribution in [3.8, 4) is 34.5 Å². The molecule has 81 heavy (non-hydrogen) atoms. The molecule has 2 aliphatic heterocycles. The molecule has 2 N–H and O–H groups in total. The maximum atomic E-state index is 13.4. The lowest BCUT2D eigenvalue weighted by molar-refractivity contribution is 0.100. The quantitative estimate of drug-likeness (QED) is 0.0442. The third kappa shape index (κ3) is 21.0. The van der Waals surface area contributed by atoms with E-state index in [-0.39, 0.29) is 47.1 Å². The van der Waals surface area contributed by atoms with Crippen molar-refractivity contribution >= 4 is 90.8 Å². The summed E-state index contributed by atoms with van der Waals surface area (Å²) in [4.78, 5) is 36.0. The molecule has 2 aromatic heterocycles. The summed E-state index contributed by atoms with van der Waals surface area (Å²) in [5.41, 5.74) is 4.74. The first-order valence-electron chi connectivity index (χ1n) is 26.4. The van der Waals surface area contributed by atoms with E-state index >= 15 is 0 Å². The molecule has 0 unspecified atom stereocenters. The van der Waals surface area contributed by atoms with E-state index in [0.717, 1.165) is 111 Å². The number of ether oxygens (including phenoxy) is 5. The Bertz CT molecular complexity index is 3060. The minimum Gasteiger partial charge on any atom is -0.504 e. The van der Waals surface area contributed by atoms with E-state index in [1.165, 1.54) is 64.3 Å². The molecule has 4 heterocycles. The second kappa shape index (κ2) is 35.8. The lowest BCUT2D eigenvalue weighted by Crippen LogP contribution is -2.34. The van der Waals surface area contributed by atoms with Crippen molar-refractivity contribution in [2.24, 2.45) is 0 Å². The monoisotopic (exact) mass is 1250 g/mol. The van der Waals surface area contributed by atoms with E-state index < -0.39 is 0 Å². The highest BCUT2D eigenvalue weighted by atomic mass is 79.9. The van der Waals surface area contributed by atoms with Crippen LogP contribution < -0.4 is 29.0 Å². The average Bonchev–Trinajstić information content (AvgIpc) is 4.18. The van der Waals surface area contributed by atoms with Crippen LogP contribution in [0, 0.1) is 11.6 Å². The molecule has 0 radical (unpaired) electrons. The highest BCUT2D eigenvalue weighted by Gasteiger charge is 2.25. The summed E-state index contributed by atoms with van der Waals surface area (Å²) in [5.74, 6) is 4.28. The first kappa shape index (κ1) is 67.5. The molecule has 440 valence electrons. The zero-order valence-electron chi connectivity index (χ0n) is 46.5. The number of halogens is 6. The van der Waals surface area contributed by atoms with Gasteiger partial charge in [0, 0.05) is 75.1 Å². The molecule has 0 atom stereocenters. The Hall–Kier alpha value is -6.02. The molecule has 21 heteroatoms. The van der Waals surface area contributed by atoms with Gasteiger partial charge in [0.15, 0.2) is 63.0 Å². The Kier molecular flexibility index (Phi) is 29.8. The average molecular weight is 1250 g/mol. The van der Waals surface area contributed by atoms with E-state index in [4.69, 9.17) is 55.9 Å². The molecular formula is C60H72BrCl3F2N4O11. The zero-order valence-corrected chi connectivity index (χ0v) is 50.4. The highest BCUT2D eigenvalue weighted by Crippen LogP contribution is 2.35. The van der Waals surface area contributed by atoms with Gasteiger partial charge in [-0.25, -0.2) is 8.78 Å². The lowest BCUT2D eigenvalue weighted by Gasteiger charge is -2.31. The van der Waals surface area contributed by atoms with E-state index in [9.17, 15) is 28.3 Å². The number of carbonyl (C=O) groups is 3. The largest absolute Gasteiger partial charge is 0.504 e. The smallest absolute Gasteiger partial charge is 0.170 e. The SMILES string of the molecule is COc1cc(C(C)=O)ccc1O.COc1cc(C(C)=O)ccc1OCCCCl.COc1cc(C(C)=O)ccc1OCCCN1CCC(c2noc3cc(F)ccc23)CC1.Cl.ClCCCBr.Fc1ccc2c(C3CCNCC3)noc2c1. The van der Waals surface area contributed by atoms with Crippen molar-refractivity contribution in [2.45, 2.75) is 77.6 Å². The van der Waals surface area contributed by atoms with Crippen LogP contribution in [0.15, 0.2) is 100 Å². The second-order valence-corrected chi connectivity index (χ2v) is 20.2. The Labute approximate surface area is 496 Å². The third-order valence-electron chi connectivity index (χ3n) is 13.0. The second-order valence-electron chi connectivity index (χ2n) is 18.7. The summed E-state index contributed by atoms with van der Waals surface area (Å²) >= 11 is 14.0. The normalized spacial score (nSPS) is 13.3. The van der Waals surface area contributed by atoms with Crippen LogP contribution in [0.25, 0.3) is 21.9 Å². The van der Waals surface area contributed by atoms with Crippen LogP contribution >= 0.6 is 51.5 Å². The number of phenolic OH excluding ortho intramolecular Hbond substituents is 1. The third-order valence-corrected chi connectivity index (χ3v) is 14.1. The van der Waals surface area contributed by atoms with Gasteiger partial charge in [-0.3, -0.25) is 14.4 Å². The number of piperidine rings is 2. The van der Waals surface area contributed by atoms with Crippen LogP contribution in [-0.4, -0.2) is 122 Å². The van der Waals surface area contributed by atoms with Crippen LogP contribution in [0.2, 0.25) is 0 Å². The number of methoxy groups -OCH3 is 3. The molecule has 5 aromatic carbocycles. The number of hydrogen-bond acceptors (Lipinski definition) is 15. The number of ketones is 3. The van der Waals surface area contributed by atoms with Gasteiger partial charge in [0.25, 0.3) is 0 Å². The number of fused-ring (bicyclic) bond motifs is 2. The van der Waals surface area contributed by atoms with Gasteiger partial charge in [-0.05, 0) is 171 Å². The van der Waals surface area contributed by atoms with Gasteiger partial charge < -0.3 is 48.1 Å². The van der Waals surface area contributed by atoms with Crippen molar-refractivity contribution in [3.05, 3.63) is 131 Å². The first-order valence-corrected chi connectivity index (χ1v) is 28.6. The number of alkyl halides is 3. The number of carbonyl (C=O) groups excluding carboxylic acids is 3. The molecule has 0 spiro atoms. The highest BCUT2D eigenvalue weighted by molar-refractivity contribution is 9.09. The van der Waals surface area contributed by atoms with Crippen LogP contribution in [0.3, 0.4) is 0 Å². The molecule has 2 fully saturated rings. The number of nitrogens with one attached hydrogen (secondary N) is 1. The molecular weight excluding hydrogens is 1180 g/mol. The minimum absolute atomic E-state index is 0. The molecule has 0 aliphatic carbocycles. The number of Topliss-reactive ketones (excluding diaryl/α,β-unsaturated/α-hetero) is 3. The Balaban J connectivity index is 0.000000240. The molecule has 2 saturated heterocycles. The number of benzene rings is 5. The number of aromatic nitrogens is 2. The fourth-order valence-corrected chi connectivity index (χ4v) is 9.49. The number of rotatable bonds is 19. The van der Waals surface area contributed by atoms with Gasteiger partial charge in [-0.15, -0.1) is 35.6 Å². The van der Waals surface area contributed by atoms with Crippen LogP contribution in [0.5, 0.6) is 34.5 Å². The summed E-state index contributed by atoms with van der Waals surface area (Å²) in [5, 5.41) is 23.7. The predicted molar refractivity (Wildman–Crippen MR) is 319 cm³/mol. The first-order chi connectivity index (χ1) is 38.6. The maximum absolute atomic E-state index is 13.4. The van der Waals surface area contributed by atoms with E-state index in [0.29, 0.717) is 87.5 Å². The van der Waals surface area contributed by atoms with E-state index in [2.05, 4.69) is 36.5 Å². The van der Waals surface area contributed by atoms with Crippen LogP contribution in [-0.2, 0) is 0 Å². The van der Waals surface area contributed by atoms with Crippen molar-refractivity contribution in [2.75, 3.05) is 84.4 Å². The summed E-state index contributed by atoms with van der Waals surface area (Å²) in [6.07, 6.45) is 6.88. The summed E-state index contributed by atoms with van der Waals surface area (Å²) in [7, 11) is 4.57. The van der Waals surface area contributed by atoms with Gasteiger partial charge in [0.1, 0.15) is 11.6 Å². The maximum Gasteiger partial charge on any atom is 0.170 e. The van der Waals surface area contributed by atoms with Crippen molar-refractivity contribution in [1.29, 1.82) is 0 Å². The fourth-order valence-electron chi connectivity index (χ4n) is 8.64. The lowest BCUT2D eigenvalue weighted by atomic mass is 9.91. The molecule has 9 rings (SSSR count). The van der Waals surface area contributed by atoms with Crippen LogP contribution in [0.4, 0.5) is 8.78 Å². The summed E-state index contributed by atoms with van der Waals surface area (Å²) < 4.78 is 63.5. The summed E-state index contributed by atoms with van der Waals surface area (Å²) in [6, 6.07) is 24.1. The van der Waals surface area contributed by atoms with Crippen molar-refractivity contribution in [1.82, 2.24) is 20.5 Å². The van der Waals surface area contributed by atoms with Crippen molar-refractivity contribution < 1.29 is 61.0 Å². The molecule has 0 bridgehead atoms. The molecule has 15 nitrogen and oxygen atoms in total. The fraction of sp³-hybridized carbons (Fsp3) is 0.417. The van der Waals surface area contributed by atoms with Gasteiger partial charge in [-0.1, -0.05) is 26.2 Å². The van der Waals surface area contributed by atoms with Gasteiger partial charge in [-0.2, -0.15) is 0 Å². The topological polar surface area (TPSA) is 185 Å². The minimum atomic E-state index is -0.306. The number of likely N-dealkylation sites (tertiary alicyclic amines) is 1. The standard InChI is InChI=1S/C24H27FN2O4.C12H15ClO3.C12H13FN2O.C9H10O3.C3H6BrCl.ClH/c1-16(28)18-4-7-21(23(14-18)29-2)30-13-3-10-27-11-8-17(9-12-27)24-20-6-5-19(25)15-22(20)31-26-24;1-9(14)10-4-5-11(12(8-10)15-2)16-7-3-6-13;13-9-1-2-10-11(7-9)16-15-12(10)8-3-5-14-6-4-8;1-6(10)7-3-4-8(11)9(5-7)12-2;4-2-1-3-5;/h4-7,14-15,17H,3,8-13H2,1-2H3;4-5,8H,3,6-7H2,1-2H3;1-2,7-8,14H,3-6H2;3-5,11H,1-2H3;1-3H2;1H.